The van der Waals surface area contributed by atoms with Crippen LogP contribution in [0.2, 0.25) is 0 Å². The van der Waals surface area contributed by atoms with E-state index in [1.807, 2.05) is 35.0 Å². The quantitative estimate of drug-likeness (QED) is 0.423. The van der Waals surface area contributed by atoms with Gasteiger partial charge in [-0.05, 0) is 31.0 Å². The van der Waals surface area contributed by atoms with Gasteiger partial charge in [-0.1, -0.05) is 0 Å². The van der Waals surface area contributed by atoms with Gasteiger partial charge in [0.05, 0.1) is 44.4 Å². The molecule has 0 aliphatic carbocycles. The molecule has 1 unspecified atom stereocenters. The van der Waals surface area contributed by atoms with Gasteiger partial charge >= 0.3 is 0 Å². The minimum atomic E-state index is -0.202. The maximum absolute atomic E-state index is 9.50. The molecule has 4 aromatic rings. The first kappa shape index (κ1) is 22.6. The second-order valence-corrected chi connectivity index (χ2v) is 8.91. The molecule has 2 aliphatic rings. The average Bonchev–Trinajstić information content (AvgIpc) is 3.42. The van der Waals surface area contributed by atoms with Crippen LogP contribution in [0.1, 0.15) is 12.0 Å². The molecule has 10 nitrogen and oxygen atoms in total. The van der Waals surface area contributed by atoms with E-state index in [2.05, 4.69) is 26.3 Å². The lowest BCUT2D eigenvalue weighted by Crippen LogP contribution is -2.44. The van der Waals surface area contributed by atoms with E-state index in [9.17, 15) is 5.11 Å². The molecule has 1 saturated heterocycles. The van der Waals surface area contributed by atoms with Crippen molar-refractivity contribution in [2.75, 3.05) is 50.2 Å². The van der Waals surface area contributed by atoms with Gasteiger partial charge in [0.1, 0.15) is 5.75 Å². The van der Waals surface area contributed by atoms with E-state index in [4.69, 9.17) is 19.2 Å². The van der Waals surface area contributed by atoms with Crippen LogP contribution in [0.5, 0.6) is 11.6 Å². The van der Waals surface area contributed by atoms with E-state index in [1.54, 1.807) is 19.5 Å². The van der Waals surface area contributed by atoms with Crippen LogP contribution in [-0.2, 0) is 11.2 Å². The molecule has 1 aromatic carbocycles. The zero-order valence-electron chi connectivity index (χ0n) is 20.1. The molecule has 0 amide bonds. The van der Waals surface area contributed by atoms with Gasteiger partial charge < -0.3 is 33.9 Å². The third kappa shape index (κ3) is 4.29. The summed E-state index contributed by atoms with van der Waals surface area (Å²) in [4.78, 5) is 16.1. The Bertz CT molecular complexity index is 1390. The zero-order valence-corrected chi connectivity index (χ0v) is 20.1. The Labute approximate surface area is 208 Å². The molecule has 10 heteroatoms. The molecular formula is C26H28N6O4. The number of hydrogen-bond donors (Lipinski definition) is 2. The van der Waals surface area contributed by atoms with Crippen molar-refractivity contribution in [1.29, 1.82) is 0 Å². The van der Waals surface area contributed by atoms with Crippen LogP contribution in [0, 0.1) is 0 Å². The van der Waals surface area contributed by atoms with Crippen LogP contribution in [0.15, 0.2) is 49.1 Å². The molecule has 6 rings (SSSR count). The fourth-order valence-electron chi connectivity index (χ4n) is 4.73. The van der Waals surface area contributed by atoms with E-state index in [1.165, 1.54) is 0 Å². The number of anilines is 3. The number of fused-ring (bicyclic) bond motifs is 2. The largest absolute Gasteiger partial charge is 0.495 e. The molecule has 1 fully saturated rings. The second-order valence-electron chi connectivity index (χ2n) is 8.91. The van der Waals surface area contributed by atoms with Crippen molar-refractivity contribution in [3.05, 3.63) is 54.6 Å². The number of ether oxygens (including phenoxy) is 3. The fourth-order valence-corrected chi connectivity index (χ4v) is 4.73. The highest BCUT2D eigenvalue weighted by molar-refractivity contribution is 5.76. The van der Waals surface area contributed by atoms with Crippen LogP contribution >= 0.6 is 0 Å². The number of aliphatic hydroxyl groups excluding tert-OH is 1. The van der Waals surface area contributed by atoms with Crippen molar-refractivity contribution in [2.24, 2.45) is 0 Å². The second kappa shape index (κ2) is 9.63. The van der Waals surface area contributed by atoms with E-state index in [0.717, 1.165) is 59.0 Å². The average molecular weight is 489 g/mol. The van der Waals surface area contributed by atoms with Gasteiger partial charge in [-0.3, -0.25) is 0 Å². The molecule has 5 heterocycles. The lowest BCUT2D eigenvalue weighted by molar-refractivity contribution is 0.00347. The predicted octanol–water partition coefficient (Wildman–Crippen LogP) is 3.07. The number of aryl methyl sites for hydroxylation is 1. The Kier molecular flexibility index (Phi) is 6.04. The van der Waals surface area contributed by atoms with Gasteiger partial charge in [0.25, 0.3) is 0 Å². The Hall–Kier alpha value is -3.89. The number of nitrogens with one attached hydrogen (secondary N) is 1. The summed E-state index contributed by atoms with van der Waals surface area (Å²) in [6.45, 7) is 2.61. The Balaban J connectivity index is 1.32. The highest BCUT2D eigenvalue weighted by Gasteiger charge is 2.23. The number of rotatable bonds is 6. The summed E-state index contributed by atoms with van der Waals surface area (Å²) < 4.78 is 18.9. The van der Waals surface area contributed by atoms with Crippen LogP contribution in [0.4, 0.5) is 17.2 Å². The topological polar surface area (TPSA) is 106 Å². The number of methoxy groups -OCH3 is 1. The first-order chi connectivity index (χ1) is 17.7. The van der Waals surface area contributed by atoms with Crippen molar-refractivity contribution in [1.82, 2.24) is 19.4 Å². The molecule has 3 aromatic heterocycles. The van der Waals surface area contributed by atoms with Crippen molar-refractivity contribution in [3.63, 3.8) is 0 Å². The maximum Gasteiger partial charge on any atom is 0.216 e. The van der Waals surface area contributed by atoms with E-state index < -0.39 is 0 Å². The molecule has 186 valence electrons. The number of nitrogens with zero attached hydrogens (tertiary/aromatic N) is 5. The number of morpholine rings is 1. The number of aromatic nitrogens is 4. The third-order valence-corrected chi connectivity index (χ3v) is 6.55. The van der Waals surface area contributed by atoms with Gasteiger partial charge in [0, 0.05) is 60.8 Å². The lowest BCUT2D eigenvalue weighted by Gasteiger charge is -2.34. The van der Waals surface area contributed by atoms with Crippen molar-refractivity contribution < 1.29 is 19.3 Å². The van der Waals surface area contributed by atoms with Crippen LogP contribution in [-0.4, -0.2) is 70.6 Å². The third-order valence-electron chi connectivity index (χ3n) is 6.55. The highest BCUT2D eigenvalue weighted by Crippen LogP contribution is 2.34. The summed E-state index contributed by atoms with van der Waals surface area (Å²) in [6.07, 6.45) is 9.15. The number of hydrogen-bond acceptors (Lipinski definition) is 9. The van der Waals surface area contributed by atoms with E-state index in [-0.39, 0.29) is 12.7 Å². The zero-order chi connectivity index (χ0) is 24.5. The minimum Gasteiger partial charge on any atom is -0.495 e. The van der Waals surface area contributed by atoms with E-state index in [0.29, 0.717) is 31.5 Å². The van der Waals surface area contributed by atoms with Crippen molar-refractivity contribution in [2.45, 2.75) is 18.9 Å². The Morgan fingerprint density at radius 2 is 2.17 bits per heavy atom. The number of aliphatic hydroxyl groups is 1. The van der Waals surface area contributed by atoms with Gasteiger partial charge in [0.2, 0.25) is 5.88 Å². The van der Waals surface area contributed by atoms with Gasteiger partial charge in [-0.2, -0.15) is 0 Å². The summed E-state index contributed by atoms with van der Waals surface area (Å²) in [5.74, 6) is 2.07. The SMILES string of the molecule is COc1cc(Nc2nc(-c3cnc4c(c3)CCCO4)cn3ccnc23)ccc1N1CCOC(CO)C1. The van der Waals surface area contributed by atoms with Gasteiger partial charge in [-0.15, -0.1) is 0 Å². The summed E-state index contributed by atoms with van der Waals surface area (Å²) in [5.41, 5.74) is 5.32. The maximum atomic E-state index is 9.50. The molecule has 0 spiro atoms. The standard InChI is InChI=1S/C26H28N6O4/c1-34-23-12-19(4-5-22(23)31-8-10-35-20(14-31)16-33)29-24-25-27-6-7-32(25)15-21(30-24)18-11-17-3-2-9-36-26(17)28-13-18/h4-7,11-13,15,20,33H,2-3,8-10,14,16H2,1H3,(H,29,30). The minimum absolute atomic E-state index is 0.00641. The molecule has 2 N–H and O–H groups in total. The van der Waals surface area contributed by atoms with E-state index >= 15 is 0 Å². The first-order valence-corrected chi connectivity index (χ1v) is 12.1. The molecule has 36 heavy (non-hydrogen) atoms. The van der Waals surface area contributed by atoms with Crippen molar-refractivity contribution in [3.8, 4) is 22.9 Å². The molecule has 0 bridgehead atoms. The van der Waals surface area contributed by atoms with Crippen molar-refractivity contribution >= 4 is 22.8 Å². The van der Waals surface area contributed by atoms with Crippen LogP contribution in [0.3, 0.4) is 0 Å². The summed E-state index contributed by atoms with van der Waals surface area (Å²) in [5, 5.41) is 12.9. The van der Waals surface area contributed by atoms with Gasteiger partial charge in [-0.25, -0.2) is 15.0 Å². The number of imidazole rings is 1. The molecule has 0 saturated carbocycles. The summed E-state index contributed by atoms with van der Waals surface area (Å²) in [6, 6.07) is 8.06. The summed E-state index contributed by atoms with van der Waals surface area (Å²) >= 11 is 0. The molecular weight excluding hydrogens is 460 g/mol. The smallest absolute Gasteiger partial charge is 0.216 e. The Morgan fingerprint density at radius 1 is 1.22 bits per heavy atom. The lowest BCUT2D eigenvalue weighted by atomic mass is 10.1. The predicted molar refractivity (Wildman–Crippen MR) is 135 cm³/mol. The highest BCUT2D eigenvalue weighted by atomic mass is 16.5. The Morgan fingerprint density at radius 3 is 3.06 bits per heavy atom. The molecule has 1 atom stereocenters. The fraction of sp³-hybridized carbons (Fsp3) is 0.346. The first-order valence-electron chi connectivity index (χ1n) is 12.1. The molecule has 0 radical (unpaired) electrons. The van der Waals surface area contributed by atoms with Crippen LogP contribution < -0.4 is 19.7 Å². The number of pyridine rings is 1. The number of benzene rings is 1. The van der Waals surface area contributed by atoms with Gasteiger partial charge in [0.15, 0.2) is 11.5 Å². The van der Waals surface area contributed by atoms with Crippen LogP contribution in [0.25, 0.3) is 16.9 Å². The molecule has 2 aliphatic heterocycles. The summed E-state index contributed by atoms with van der Waals surface area (Å²) in [7, 11) is 1.66. The normalized spacial score (nSPS) is 17.5. The monoisotopic (exact) mass is 488 g/mol.